The number of para-hydroxylation sites is 1. The topological polar surface area (TPSA) is 41.5 Å². The number of hydrogen-bond donors (Lipinski definition) is 2. The summed E-state index contributed by atoms with van der Waals surface area (Å²) in [5, 5.41) is 13.1. The number of benzene rings is 1. The summed E-state index contributed by atoms with van der Waals surface area (Å²) in [4.78, 5) is 0. The monoisotopic (exact) mass is 265 g/mol. The van der Waals surface area contributed by atoms with Gasteiger partial charge in [0.25, 0.3) is 0 Å². The van der Waals surface area contributed by atoms with Crippen molar-refractivity contribution in [1.82, 2.24) is 5.32 Å². The molecule has 0 saturated carbocycles. The highest BCUT2D eigenvalue weighted by atomic mass is 16.5. The standard InChI is InChI=1S/C16H27NO2/c1-12(2)9-17-10-14(18)11-19-16-8-6-5-7-15(16)13(3)4/h5-8,12-14,17-18H,9-11H2,1-4H3. The Hall–Kier alpha value is -1.06. The van der Waals surface area contributed by atoms with E-state index in [1.807, 2.05) is 18.2 Å². The number of hydrogen-bond acceptors (Lipinski definition) is 3. The molecule has 0 radical (unpaired) electrons. The summed E-state index contributed by atoms with van der Waals surface area (Å²) in [6, 6.07) is 8.01. The van der Waals surface area contributed by atoms with Gasteiger partial charge < -0.3 is 15.2 Å². The number of rotatable bonds is 8. The van der Waals surface area contributed by atoms with Crippen molar-refractivity contribution >= 4 is 0 Å². The summed E-state index contributed by atoms with van der Waals surface area (Å²) in [7, 11) is 0. The van der Waals surface area contributed by atoms with E-state index < -0.39 is 6.10 Å². The van der Waals surface area contributed by atoms with Crippen LogP contribution in [0.4, 0.5) is 0 Å². The Kier molecular flexibility index (Phi) is 6.89. The zero-order valence-electron chi connectivity index (χ0n) is 12.5. The van der Waals surface area contributed by atoms with E-state index in [1.165, 1.54) is 5.56 Å². The Bertz CT molecular complexity index is 364. The molecule has 0 heterocycles. The summed E-state index contributed by atoms with van der Waals surface area (Å²) in [5.41, 5.74) is 1.19. The SMILES string of the molecule is CC(C)CNCC(O)COc1ccccc1C(C)C. The van der Waals surface area contributed by atoms with Crippen molar-refractivity contribution in [2.24, 2.45) is 5.92 Å². The molecule has 0 aliphatic carbocycles. The molecular formula is C16H27NO2. The minimum atomic E-state index is -0.473. The van der Waals surface area contributed by atoms with Crippen LogP contribution in [0.5, 0.6) is 5.75 Å². The minimum absolute atomic E-state index is 0.328. The third-order valence-corrected chi connectivity index (χ3v) is 2.90. The van der Waals surface area contributed by atoms with E-state index in [2.05, 4.69) is 39.1 Å². The van der Waals surface area contributed by atoms with Crippen molar-refractivity contribution in [1.29, 1.82) is 0 Å². The highest BCUT2D eigenvalue weighted by Crippen LogP contribution is 2.25. The normalized spacial score (nSPS) is 13.0. The summed E-state index contributed by atoms with van der Waals surface area (Å²) in [5.74, 6) is 1.89. The second kappa shape index (κ2) is 8.18. The molecule has 0 aliphatic rings. The van der Waals surface area contributed by atoms with Crippen LogP contribution in [0.1, 0.15) is 39.2 Å². The zero-order valence-corrected chi connectivity index (χ0v) is 12.5. The van der Waals surface area contributed by atoms with Crippen molar-refractivity contribution in [3.05, 3.63) is 29.8 Å². The van der Waals surface area contributed by atoms with Crippen molar-refractivity contribution in [3.63, 3.8) is 0 Å². The number of ether oxygens (including phenoxy) is 1. The quantitative estimate of drug-likeness (QED) is 0.759. The van der Waals surface area contributed by atoms with Gasteiger partial charge in [0.05, 0.1) is 0 Å². The second-order valence-corrected chi connectivity index (χ2v) is 5.71. The highest BCUT2D eigenvalue weighted by molar-refractivity contribution is 5.35. The van der Waals surface area contributed by atoms with Crippen molar-refractivity contribution < 1.29 is 9.84 Å². The van der Waals surface area contributed by atoms with Gasteiger partial charge in [0.2, 0.25) is 0 Å². The second-order valence-electron chi connectivity index (χ2n) is 5.71. The van der Waals surface area contributed by atoms with Gasteiger partial charge in [0, 0.05) is 6.54 Å². The summed E-state index contributed by atoms with van der Waals surface area (Å²) >= 11 is 0. The van der Waals surface area contributed by atoms with Crippen LogP contribution >= 0.6 is 0 Å². The molecule has 1 rings (SSSR count). The third kappa shape index (κ3) is 6.08. The maximum atomic E-state index is 9.87. The van der Waals surface area contributed by atoms with Crippen molar-refractivity contribution in [2.75, 3.05) is 19.7 Å². The number of nitrogens with one attached hydrogen (secondary N) is 1. The molecule has 3 nitrogen and oxygen atoms in total. The van der Waals surface area contributed by atoms with Crippen LogP contribution in [-0.4, -0.2) is 30.9 Å². The van der Waals surface area contributed by atoms with Gasteiger partial charge in [-0.05, 0) is 30.0 Å². The van der Waals surface area contributed by atoms with Crippen LogP contribution in [0.3, 0.4) is 0 Å². The fourth-order valence-corrected chi connectivity index (χ4v) is 1.87. The van der Waals surface area contributed by atoms with E-state index in [0.29, 0.717) is 25.0 Å². The van der Waals surface area contributed by atoms with E-state index in [-0.39, 0.29) is 0 Å². The predicted octanol–water partition coefficient (Wildman–Crippen LogP) is 2.80. The minimum Gasteiger partial charge on any atom is -0.491 e. The van der Waals surface area contributed by atoms with Gasteiger partial charge in [-0.1, -0.05) is 45.9 Å². The Morgan fingerprint density at radius 1 is 1.11 bits per heavy atom. The smallest absolute Gasteiger partial charge is 0.122 e. The average Bonchev–Trinajstić information content (AvgIpc) is 2.36. The molecule has 3 heteroatoms. The maximum Gasteiger partial charge on any atom is 0.122 e. The van der Waals surface area contributed by atoms with Gasteiger partial charge in [-0.15, -0.1) is 0 Å². The first-order valence-corrected chi connectivity index (χ1v) is 7.11. The van der Waals surface area contributed by atoms with E-state index in [9.17, 15) is 5.11 Å². The van der Waals surface area contributed by atoms with Crippen LogP contribution in [0.15, 0.2) is 24.3 Å². The summed E-state index contributed by atoms with van der Waals surface area (Å²) < 4.78 is 5.73. The van der Waals surface area contributed by atoms with Gasteiger partial charge in [-0.2, -0.15) is 0 Å². The van der Waals surface area contributed by atoms with Crippen LogP contribution < -0.4 is 10.1 Å². The largest absolute Gasteiger partial charge is 0.491 e. The molecule has 1 atom stereocenters. The number of aliphatic hydroxyl groups excluding tert-OH is 1. The first-order chi connectivity index (χ1) is 9.00. The highest BCUT2D eigenvalue weighted by Gasteiger charge is 2.09. The number of aliphatic hydroxyl groups is 1. The molecule has 1 aromatic rings. The molecule has 0 fully saturated rings. The lowest BCUT2D eigenvalue weighted by Crippen LogP contribution is -2.33. The lowest BCUT2D eigenvalue weighted by atomic mass is 10.0. The molecule has 108 valence electrons. The van der Waals surface area contributed by atoms with Gasteiger partial charge in [0.1, 0.15) is 18.5 Å². The van der Waals surface area contributed by atoms with Gasteiger partial charge in [-0.25, -0.2) is 0 Å². The lowest BCUT2D eigenvalue weighted by Gasteiger charge is -2.17. The van der Waals surface area contributed by atoms with Gasteiger partial charge in [0.15, 0.2) is 0 Å². The average molecular weight is 265 g/mol. The molecule has 0 aromatic heterocycles. The Balaban J connectivity index is 2.39. The van der Waals surface area contributed by atoms with Crippen LogP contribution in [0, 0.1) is 5.92 Å². The molecule has 0 aliphatic heterocycles. The van der Waals surface area contributed by atoms with Crippen molar-refractivity contribution in [2.45, 2.75) is 39.7 Å². The molecule has 0 amide bonds. The fraction of sp³-hybridized carbons (Fsp3) is 0.625. The van der Waals surface area contributed by atoms with E-state index in [0.717, 1.165) is 12.3 Å². The Labute approximate surface area is 117 Å². The van der Waals surface area contributed by atoms with E-state index in [4.69, 9.17) is 4.74 Å². The van der Waals surface area contributed by atoms with Gasteiger partial charge >= 0.3 is 0 Å². The fourth-order valence-electron chi connectivity index (χ4n) is 1.87. The molecule has 0 bridgehead atoms. The Morgan fingerprint density at radius 2 is 1.79 bits per heavy atom. The third-order valence-electron chi connectivity index (χ3n) is 2.90. The van der Waals surface area contributed by atoms with Crippen LogP contribution in [0.2, 0.25) is 0 Å². The molecule has 2 N–H and O–H groups in total. The maximum absolute atomic E-state index is 9.87. The predicted molar refractivity (Wildman–Crippen MR) is 79.7 cm³/mol. The Morgan fingerprint density at radius 3 is 2.42 bits per heavy atom. The molecule has 19 heavy (non-hydrogen) atoms. The zero-order chi connectivity index (χ0) is 14.3. The molecule has 1 unspecified atom stereocenters. The first kappa shape index (κ1) is 16.0. The van der Waals surface area contributed by atoms with Crippen LogP contribution in [-0.2, 0) is 0 Å². The van der Waals surface area contributed by atoms with E-state index >= 15 is 0 Å². The van der Waals surface area contributed by atoms with Crippen LogP contribution in [0.25, 0.3) is 0 Å². The summed E-state index contributed by atoms with van der Waals surface area (Å²) in [6.45, 7) is 10.4. The molecular weight excluding hydrogens is 238 g/mol. The van der Waals surface area contributed by atoms with Gasteiger partial charge in [-0.3, -0.25) is 0 Å². The molecule has 0 saturated heterocycles. The lowest BCUT2D eigenvalue weighted by molar-refractivity contribution is 0.105. The summed E-state index contributed by atoms with van der Waals surface area (Å²) in [6.07, 6.45) is -0.473. The first-order valence-electron chi connectivity index (χ1n) is 7.11. The van der Waals surface area contributed by atoms with E-state index in [1.54, 1.807) is 0 Å². The van der Waals surface area contributed by atoms with Crippen molar-refractivity contribution in [3.8, 4) is 5.75 Å². The molecule has 1 aromatic carbocycles. The molecule has 0 spiro atoms.